The summed E-state index contributed by atoms with van der Waals surface area (Å²) in [5, 5.41) is 24.5. The van der Waals surface area contributed by atoms with Crippen LogP contribution in [0.25, 0.3) is 12.2 Å². The Kier molecular flexibility index (Phi) is 19.9. The van der Waals surface area contributed by atoms with Crippen molar-refractivity contribution in [1.82, 2.24) is 0 Å². The lowest BCUT2D eigenvalue weighted by molar-refractivity contribution is -0.146. The number of carbonyl (C=O) groups excluding carboxylic acids is 4. The van der Waals surface area contributed by atoms with Crippen LogP contribution in [0.15, 0.2) is 109 Å². The van der Waals surface area contributed by atoms with Crippen LogP contribution in [0, 0.1) is 29.1 Å². The van der Waals surface area contributed by atoms with E-state index in [1.165, 1.54) is 24.3 Å². The molecule has 368 valence electrons. The lowest BCUT2D eigenvalue weighted by Crippen LogP contribution is -2.54. The number of esters is 2. The van der Waals surface area contributed by atoms with E-state index < -0.39 is 29.2 Å². The maximum atomic E-state index is 14.2. The van der Waals surface area contributed by atoms with Gasteiger partial charge in [-0.2, -0.15) is 0 Å². The van der Waals surface area contributed by atoms with Gasteiger partial charge in [0.25, 0.3) is 0 Å². The molecule has 12 nitrogen and oxygen atoms in total. The summed E-state index contributed by atoms with van der Waals surface area (Å²) < 4.78 is 21.8. The summed E-state index contributed by atoms with van der Waals surface area (Å²) in [7, 11) is 3.42. The number of ketones is 2. The van der Waals surface area contributed by atoms with Crippen molar-refractivity contribution in [1.29, 1.82) is 0 Å². The van der Waals surface area contributed by atoms with Gasteiger partial charge in [0.05, 0.1) is 11.8 Å². The molecule has 0 amide bonds. The number of benzene rings is 4. The van der Waals surface area contributed by atoms with Gasteiger partial charge in [0.15, 0.2) is 11.6 Å². The number of nitrogens with two attached hydrogens (primary N) is 2. The van der Waals surface area contributed by atoms with Crippen LogP contribution in [-0.4, -0.2) is 73.4 Å². The van der Waals surface area contributed by atoms with Crippen molar-refractivity contribution >= 4 is 47.0 Å². The topological polar surface area (TPSA) is 198 Å². The monoisotopic (exact) mass is 943 g/mol. The molecule has 2 fully saturated rings. The summed E-state index contributed by atoms with van der Waals surface area (Å²) in [5.41, 5.74) is 13.7. The SMILES string of the molecule is COCCCC1CCC(C(=O)Oc2ccc(/C=C/C(=O)C(O)C(Cc3ccc(N)cc3)(Cc3ccc(N)cc3)C(O)C(=O)/C=C/c3ccc(OC(=O)C4CCC(CCCOC)CC4)cc3)cc2)CC1. The number of hydrogen-bond acceptors (Lipinski definition) is 12. The minimum atomic E-state index is -1.87. The fourth-order valence-corrected chi connectivity index (χ4v) is 9.83. The van der Waals surface area contributed by atoms with E-state index in [9.17, 15) is 29.4 Å². The zero-order valence-electron chi connectivity index (χ0n) is 40.1. The maximum Gasteiger partial charge on any atom is 0.314 e. The number of methoxy groups -OCH3 is 2. The molecular weight excluding hydrogens is 873 g/mol. The number of rotatable bonds is 24. The molecule has 0 radical (unpaired) electrons. The fourth-order valence-electron chi connectivity index (χ4n) is 9.83. The highest BCUT2D eigenvalue weighted by molar-refractivity contribution is 6.01. The molecule has 0 aliphatic heterocycles. The molecule has 69 heavy (non-hydrogen) atoms. The van der Waals surface area contributed by atoms with E-state index in [4.69, 9.17) is 30.4 Å². The average Bonchev–Trinajstić information content (AvgIpc) is 3.37. The molecule has 12 heteroatoms. The highest BCUT2D eigenvalue weighted by Crippen LogP contribution is 2.39. The van der Waals surface area contributed by atoms with E-state index in [0.29, 0.717) is 57.0 Å². The molecule has 6 rings (SSSR count). The first-order valence-corrected chi connectivity index (χ1v) is 24.5. The quantitative estimate of drug-likeness (QED) is 0.0171. The van der Waals surface area contributed by atoms with Crippen molar-refractivity contribution in [3.05, 3.63) is 131 Å². The molecule has 0 aromatic heterocycles. The predicted octanol–water partition coefficient (Wildman–Crippen LogP) is 9.19. The number of nitrogen functional groups attached to an aromatic ring is 2. The van der Waals surface area contributed by atoms with Crippen LogP contribution in [0.3, 0.4) is 0 Å². The standard InChI is InChI=1S/C57H70N2O10/c1-66-35-3-5-39-7-21-45(22-8-39)55(64)68-49-29-15-41(16-30-49)19-33-51(60)53(62)57(37-43-11-25-47(58)26-12-43,38-44-13-27-48(59)28-14-44)54(63)52(61)34-20-42-17-31-50(32-18-42)69-56(65)46-23-9-40(10-24-46)6-4-36-67-2/h11-20,25-34,39-40,45-46,53-54,62-63H,3-10,21-24,35-38,58-59H2,1-2H3/b33-19+,34-20+. The van der Waals surface area contributed by atoms with E-state index in [-0.39, 0.29) is 36.6 Å². The van der Waals surface area contributed by atoms with Gasteiger partial charge in [0.2, 0.25) is 0 Å². The predicted molar refractivity (Wildman–Crippen MR) is 269 cm³/mol. The van der Waals surface area contributed by atoms with Crippen LogP contribution in [0.5, 0.6) is 11.5 Å². The van der Waals surface area contributed by atoms with Crippen molar-refractivity contribution in [3.8, 4) is 11.5 Å². The molecule has 2 aliphatic carbocycles. The molecule has 6 N–H and O–H groups in total. The van der Waals surface area contributed by atoms with Gasteiger partial charge in [-0.15, -0.1) is 0 Å². The van der Waals surface area contributed by atoms with Crippen LogP contribution in [0.1, 0.15) is 99.3 Å². The lowest BCUT2D eigenvalue weighted by atomic mass is 9.66. The molecule has 0 heterocycles. The summed E-state index contributed by atoms with van der Waals surface area (Å²) >= 11 is 0. The summed E-state index contributed by atoms with van der Waals surface area (Å²) in [4.78, 5) is 54.4. The van der Waals surface area contributed by atoms with Crippen molar-refractivity contribution in [3.63, 3.8) is 0 Å². The fraction of sp³-hybridized carbons (Fsp3) is 0.439. The Labute approximate surface area is 407 Å². The van der Waals surface area contributed by atoms with E-state index in [1.54, 1.807) is 111 Å². The summed E-state index contributed by atoms with van der Waals surface area (Å²) in [6, 6.07) is 27.1. The van der Waals surface area contributed by atoms with Crippen LogP contribution in [0.4, 0.5) is 11.4 Å². The normalized spacial score (nSPS) is 19.5. The molecule has 0 spiro atoms. The van der Waals surface area contributed by atoms with Gasteiger partial charge in [-0.1, -0.05) is 60.7 Å². The van der Waals surface area contributed by atoms with Crippen molar-refractivity contribution in [2.24, 2.45) is 29.1 Å². The third-order valence-corrected chi connectivity index (χ3v) is 14.0. The van der Waals surface area contributed by atoms with Gasteiger partial charge in [0, 0.05) is 44.2 Å². The Hall–Kier alpha value is -5.92. The van der Waals surface area contributed by atoms with E-state index in [1.807, 2.05) is 0 Å². The Morgan fingerprint density at radius 3 is 1.23 bits per heavy atom. The molecular formula is C57H70N2O10. The Bertz CT molecular complexity index is 2140. The van der Waals surface area contributed by atoms with E-state index in [2.05, 4.69) is 0 Å². The maximum absolute atomic E-state index is 14.2. The number of carbonyl (C=O) groups is 4. The van der Waals surface area contributed by atoms with Gasteiger partial charge >= 0.3 is 11.9 Å². The molecule has 2 atom stereocenters. The van der Waals surface area contributed by atoms with Crippen molar-refractivity contribution in [2.45, 2.75) is 102 Å². The third kappa shape index (κ3) is 15.5. The minimum Gasteiger partial charge on any atom is -0.426 e. The smallest absolute Gasteiger partial charge is 0.314 e. The lowest BCUT2D eigenvalue weighted by Gasteiger charge is -2.40. The molecule has 2 aliphatic rings. The zero-order valence-corrected chi connectivity index (χ0v) is 40.1. The first-order chi connectivity index (χ1) is 33.3. The second-order valence-electron chi connectivity index (χ2n) is 19.0. The Morgan fingerprint density at radius 2 is 0.899 bits per heavy atom. The van der Waals surface area contributed by atoms with Crippen molar-refractivity contribution < 1.29 is 48.3 Å². The van der Waals surface area contributed by atoms with Crippen LogP contribution in [0.2, 0.25) is 0 Å². The van der Waals surface area contributed by atoms with Crippen LogP contribution < -0.4 is 20.9 Å². The van der Waals surface area contributed by atoms with Gasteiger partial charge in [-0.25, -0.2) is 0 Å². The molecule has 0 bridgehead atoms. The second-order valence-corrected chi connectivity index (χ2v) is 19.0. The molecule has 0 saturated heterocycles. The molecule has 4 aromatic carbocycles. The molecule has 2 unspecified atom stereocenters. The number of aliphatic hydroxyl groups excluding tert-OH is 2. The Morgan fingerprint density at radius 1 is 0.551 bits per heavy atom. The van der Waals surface area contributed by atoms with Gasteiger partial charge in [-0.3, -0.25) is 19.2 Å². The summed E-state index contributed by atoms with van der Waals surface area (Å²) in [6.45, 7) is 1.50. The van der Waals surface area contributed by atoms with Gasteiger partial charge in [-0.05, 0) is 185 Å². The summed E-state index contributed by atoms with van der Waals surface area (Å²) in [5.74, 6) is -0.270. The number of hydrogen-bond donors (Lipinski definition) is 4. The Balaban J connectivity index is 1.15. The van der Waals surface area contributed by atoms with E-state index in [0.717, 1.165) is 90.3 Å². The zero-order chi connectivity index (χ0) is 49.2. The van der Waals surface area contributed by atoms with Crippen LogP contribution in [-0.2, 0) is 41.5 Å². The number of aliphatic hydroxyl groups is 2. The van der Waals surface area contributed by atoms with Crippen molar-refractivity contribution in [2.75, 3.05) is 38.9 Å². The minimum absolute atomic E-state index is 0.0792. The second kappa shape index (κ2) is 26.2. The van der Waals surface area contributed by atoms with Crippen LogP contribution >= 0.6 is 0 Å². The van der Waals surface area contributed by atoms with E-state index >= 15 is 0 Å². The highest BCUT2D eigenvalue weighted by atomic mass is 16.5. The average molecular weight is 943 g/mol. The first kappa shape index (κ1) is 52.5. The molecule has 2 saturated carbocycles. The molecule has 4 aromatic rings. The third-order valence-electron chi connectivity index (χ3n) is 14.0. The largest absolute Gasteiger partial charge is 0.426 e. The summed E-state index contributed by atoms with van der Waals surface area (Å²) in [6.07, 6.45) is 13.0. The van der Waals surface area contributed by atoms with Gasteiger partial charge in [0.1, 0.15) is 23.7 Å². The highest BCUT2D eigenvalue weighted by Gasteiger charge is 2.49. The number of ether oxygens (including phenoxy) is 4. The number of anilines is 2. The van der Waals surface area contributed by atoms with Gasteiger partial charge < -0.3 is 40.6 Å². The first-order valence-electron chi connectivity index (χ1n) is 24.5.